The summed E-state index contributed by atoms with van der Waals surface area (Å²) in [7, 11) is 1.16. The van der Waals surface area contributed by atoms with Crippen molar-refractivity contribution in [1.82, 2.24) is 9.97 Å². The molecule has 0 amide bonds. The average molecular weight is 277 g/mol. The van der Waals surface area contributed by atoms with Crippen molar-refractivity contribution in [3.63, 3.8) is 0 Å². The van der Waals surface area contributed by atoms with Crippen molar-refractivity contribution in [2.45, 2.75) is 26.1 Å². The van der Waals surface area contributed by atoms with Crippen LogP contribution in [0.1, 0.15) is 24.3 Å². The topological polar surface area (TPSA) is 55.3 Å². The van der Waals surface area contributed by atoms with Crippen LogP contribution in [-0.4, -0.2) is 41.8 Å². The second-order valence-electron chi connectivity index (χ2n) is 4.09. The van der Waals surface area contributed by atoms with Gasteiger partial charge in [-0.25, -0.2) is 9.78 Å². The summed E-state index contributed by atoms with van der Waals surface area (Å²) >= 11 is 0. The Kier molecular flexibility index (Phi) is 4.68. The maximum atomic E-state index is 12.5. The number of rotatable bonds is 4. The monoisotopic (exact) mass is 277 g/mol. The van der Waals surface area contributed by atoms with Gasteiger partial charge in [-0.2, -0.15) is 13.2 Å². The highest BCUT2D eigenvalue weighted by atomic mass is 19.4. The van der Waals surface area contributed by atoms with Gasteiger partial charge in [-0.15, -0.1) is 0 Å². The second-order valence-corrected chi connectivity index (χ2v) is 4.09. The average Bonchev–Trinajstić information content (AvgIpc) is 2.34. The molecular weight excluding hydrogens is 263 g/mol. The van der Waals surface area contributed by atoms with Crippen LogP contribution in [0.15, 0.2) is 12.4 Å². The van der Waals surface area contributed by atoms with Crippen molar-refractivity contribution in [1.29, 1.82) is 0 Å². The van der Waals surface area contributed by atoms with E-state index < -0.39 is 24.7 Å². The number of hydrogen-bond donors (Lipinski definition) is 0. The molecule has 0 aliphatic carbocycles. The lowest BCUT2D eigenvalue weighted by Crippen LogP contribution is -2.40. The van der Waals surface area contributed by atoms with Gasteiger partial charge in [0.15, 0.2) is 5.69 Å². The molecule has 0 N–H and O–H groups in total. The molecule has 0 saturated heterocycles. The van der Waals surface area contributed by atoms with Crippen LogP contribution in [-0.2, 0) is 4.74 Å². The van der Waals surface area contributed by atoms with Crippen molar-refractivity contribution in [2.24, 2.45) is 0 Å². The molecule has 0 saturated carbocycles. The predicted octanol–water partition coefficient (Wildman–Crippen LogP) is 2.04. The summed E-state index contributed by atoms with van der Waals surface area (Å²) < 4.78 is 41.9. The maximum Gasteiger partial charge on any atom is 0.405 e. The van der Waals surface area contributed by atoms with Crippen LogP contribution in [0, 0.1) is 0 Å². The van der Waals surface area contributed by atoms with Gasteiger partial charge < -0.3 is 9.64 Å². The number of carbonyl (C=O) groups is 1. The fourth-order valence-electron chi connectivity index (χ4n) is 1.42. The first-order valence-corrected chi connectivity index (χ1v) is 5.48. The van der Waals surface area contributed by atoms with E-state index in [0.29, 0.717) is 0 Å². The largest absolute Gasteiger partial charge is 0.464 e. The van der Waals surface area contributed by atoms with Gasteiger partial charge in [0.25, 0.3) is 0 Å². The Morgan fingerprint density at radius 3 is 2.53 bits per heavy atom. The minimum absolute atomic E-state index is 0.0183. The van der Waals surface area contributed by atoms with Crippen molar-refractivity contribution in [3.05, 3.63) is 18.1 Å². The lowest BCUT2D eigenvalue weighted by molar-refractivity contribution is -0.120. The van der Waals surface area contributed by atoms with Gasteiger partial charge in [-0.3, -0.25) is 4.98 Å². The number of esters is 1. The highest BCUT2D eigenvalue weighted by molar-refractivity contribution is 5.87. The van der Waals surface area contributed by atoms with Gasteiger partial charge in [0.05, 0.1) is 19.5 Å². The first-order valence-electron chi connectivity index (χ1n) is 5.48. The summed E-state index contributed by atoms with van der Waals surface area (Å²) in [6, 6.07) is -0.441. The number of ether oxygens (including phenoxy) is 1. The number of anilines is 1. The first-order chi connectivity index (χ1) is 8.74. The molecule has 0 aliphatic heterocycles. The van der Waals surface area contributed by atoms with E-state index in [1.807, 2.05) is 0 Å². The highest BCUT2D eigenvalue weighted by Crippen LogP contribution is 2.22. The van der Waals surface area contributed by atoms with E-state index in [2.05, 4.69) is 14.7 Å². The van der Waals surface area contributed by atoms with Gasteiger partial charge in [-0.1, -0.05) is 0 Å². The molecule has 1 rings (SSSR count). The molecule has 0 fully saturated rings. The van der Waals surface area contributed by atoms with Gasteiger partial charge in [0.2, 0.25) is 0 Å². The van der Waals surface area contributed by atoms with E-state index >= 15 is 0 Å². The Morgan fingerprint density at radius 1 is 1.42 bits per heavy atom. The Bertz CT molecular complexity index is 449. The summed E-state index contributed by atoms with van der Waals surface area (Å²) in [4.78, 5) is 19.8. The first kappa shape index (κ1) is 15.2. The molecule has 0 spiro atoms. The van der Waals surface area contributed by atoms with Crippen LogP contribution in [0.2, 0.25) is 0 Å². The van der Waals surface area contributed by atoms with Gasteiger partial charge in [-0.05, 0) is 13.8 Å². The molecule has 0 radical (unpaired) electrons. The van der Waals surface area contributed by atoms with Crippen molar-refractivity contribution >= 4 is 11.8 Å². The van der Waals surface area contributed by atoms with E-state index in [0.717, 1.165) is 18.2 Å². The van der Waals surface area contributed by atoms with Crippen LogP contribution in [0.5, 0.6) is 0 Å². The molecular formula is C11H14F3N3O2. The SMILES string of the molecule is COC(=O)c1cncc(N(CC(F)(F)F)C(C)C)n1. The highest BCUT2D eigenvalue weighted by Gasteiger charge is 2.32. The van der Waals surface area contributed by atoms with Crippen molar-refractivity contribution < 1.29 is 22.7 Å². The summed E-state index contributed by atoms with van der Waals surface area (Å²) in [5.74, 6) is -0.764. The summed E-state index contributed by atoms with van der Waals surface area (Å²) in [6.07, 6.45) is -2.05. The zero-order chi connectivity index (χ0) is 14.6. The zero-order valence-corrected chi connectivity index (χ0v) is 10.7. The molecule has 8 heteroatoms. The molecule has 1 heterocycles. The van der Waals surface area contributed by atoms with Gasteiger partial charge >= 0.3 is 12.1 Å². The number of aromatic nitrogens is 2. The quantitative estimate of drug-likeness (QED) is 0.788. The van der Waals surface area contributed by atoms with E-state index in [1.165, 1.54) is 6.20 Å². The second kappa shape index (κ2) is 5.85. The molecule has 1 aromatic rings. The number of carbonyl (C=O) groups excluding carboxylic acids is 1. The smallest absolute Gasteiger partial charge is 0.405 e. The fraction of sp³-hybridized carbons (Fsp3) is 0.545. The maximum absolute atomic E-state index is 12.5. The summed E-state index contributed by atoms with van der Waals surface area (Å²) in [5, 5.41) is 0. The molecule has 5 nitrogen and oxygen atoms in total. The molecule has 0 aromatic carbocycles. The Labute approximate surface area is 108 Å². The standard InChI is InChI=1S/C11H14F3N3O2/c1-7(2)17(6-11(12,13)14)9-5-15-4-8(16-9)10(18)19-3/h4-5,7H,6H2,1-3H3. The van der Waals surface area contributed by atoms with E-state index in [-0.39, 0.29) is 11.5 Å². The third kappa shape index (κ3) is 4.38. The zero-order valence-electron chi connectivity index (χ0n) is 10.7. The molecule has 0 atom stereocenters. The molecule has 0 unspecified atom stereocenters. The lowest BCUT2D eigenvalue weighted by atomic mass is 10.3. The van der Waals surface area contributed by atoms with E-state index in [9.17, 15) is 18.0 Å². The van der Waals surface area contributed by atoms with Gasteiger partial charge in [0.1, 0.15) is 12.4 Å². The Balaban J connectivity index is 3.06. The van der Waals surface area contributed by atoms with Crippen LogP contribution in [0.25, 0.3) is 0 Å². The van der Waals surface area contributed by atoms with Crippen LogP contribution in [0.3, 0.4) is 0 Å². The van der Waals surface area contributed by atoms with Crippen LogP contribution < -0.4 is 4.90 Å². The summed E-state index contributed by atoms with van der Waals surface area (Å²) in [6.45, 7) is 2.03. The normalized spacial score (nSPS) is 11.5. The minimum atomic E-state index is -4.37. The van der Waals surface area contributed by atoms with Crippen molar-refractivity contribution in [3.8, 4) is 0 Å². The predicted molar refractivity (Wildman–Crippen MR) is 61.9 cm³/mol. The van der Waals surface area contributed by atoms with Crippen LogP contribution in [0.4, 0.5) is 19.0 Å². The number of alkyl halides is 3. The molecule has 106 valence electrons. The lowest BCUT2D eigenvalue weighted by Gasteiger charge is -2.28. The number of methoxy groups -OCH3 is 1. The fourth-order valence-corrected chi connectivity index (χ4v) is 1.42. The van der Waals surface area contributed by atoms with Crippen LogP contribution >= 0.6 is 0 Å². The Hall–Kier alpha value is -1.86. The van der Waals surface area contributed by atoms with E-state index in [4.69, 9.17) is 0 Å². The third-order valence-corrected chi connectivity index (χ3v) is 2.28. The van der Waals surface area contributed by atoms with E-state index in [1.54, 1.807) is 13.8 Å². The number of nitrogens with zero attached hydrogens (tertiary/aromatic N) is 3. The molecule has 0 bridgehead atoms. The molecule has 0 aliphatic rings. The van der Waals surface area contributed by atoms with Gasteiger partial charge in [0, 0.05) is 6.04 Å². The Morgan fingerprint density at radius 2 is 2.05 bits per heavy atom. The molecule has 1 aromatic heterocycles. The third-order valence-electron chi connectivity index (χ3n) is 2.28. The van der Waals surface area contributed by atoms with Crippen molar-refractivity contribution in [2.75, 3.05) is 18.6 Å². The number of hydrogen-bond acceptors (Lipinski definition) is 5. The summed E-state index contributed by atoms with van der Waals surface area (Å²) in [5.41, 5.74) is -0.132. The molecule has 19 heavy (non-hydrogen) atoms. The number of halogens is 3. The minimum Gasteiger partial charge on any atom is -0.464 e.